The Balaban J connectivity index is 1.65. The topological polar surface area (TPSA) is 95.5 Å². The molecule has 3 N–H and O–H groups in total. The molecule has 28 heavy (non-hydrogen) atoms. The van der Waals surface area contributed by atoms with Crippen LogP contribution in [0.15, 0.2) is 60.7 Å². The van der Waals surface area contributed by atoms with E-state index in [4.69, 9.17) is 0 Å². The molecule has 6 heteroatoms. The summed E-state index contributed by atoms with van der Waals surface area (Å²) in [6.07, 6.45) is 0. The van der Waals surface area contributed by atoms with Gasteiger partial charge in [-0.2, -0.15) is 0 Å². The van der Waals surface area contributed by atoms with Gasteiger partial charge in [0.1, 0.15) is 0 Å². The lowest BCUT2D eigenvalue weighted by atomic mass is 10.0. The summed E-state index contributed by atoms with van der Waals surface area (Å²) in [6.45, 7) is 2.26. The Hall–Kier alpha value is -3.67. The lowest BCUT2D eigenvalue weighted by Crippen LogP contribution is -2.35. The van der Waals surface area contributed by atoms with E-state index in [0.29, 0.717) is 5.56 Å². The molecule has 0 aliphatic rings. The Bertz CT molecular complexity index is 1060. The van der Waals surface area contributed by atoms with Crippen molar-refractivity contribution in [1.82, 2.24) is 10.6 Å². The lowest BCUT2D eigenvalue weighted by Gasteiger charge is -2.11. The molecule has 0 radical (unpaired) electrons. The van der Waals surface area contributed by atoms with Crippen molar-refractivity contribution in [3.05, 3.63) is 82.9 Å². The highest BCUT2D eigenvalue weighted by Crippen LogP contribution is 2.20. The Kier molecular flexibility index (Phi) is 5.69. The van der Waals surface area contributed by atoms with E-state index in [9.17, 15) is 19.5 Å². The number of carboxylic acids is 1. The minimum Gasteiger partial charge on any atom is -0.478 e. The summed E-state index contributed by atoms with van der Waals surface area (Å²) >= 11 is 0. The number of carboxylic acid groups (broad SMARTS) is 1. The zero-order chi connectivity index (χ0) is 20.1. The molecule has 0 heterocycles. The van der Waals surface area contributed by atoms with E-state index in [1.165, 1.54) is 6.07 Å². The van der Waals surface area contributed by atoms with Crippen LogP contribution in [0.3, 0.4) is 0 Å². The first-order chi connectivity index (χ1) is 13.5. The van der Waals surface area contributed by atoms with Crippen molar-refractivity contribution < 1.29 is 19.5 Å². The zero-order valence-corrected chi connectivity index (χ0v) is 15.4. The molecule has 3 aromatic carbocycles. The monoisotopic (exact) mass is 376 g/mol. The van der Waals surface area contributed by atoms with Gasteiger partial charge < -0.3 is 15.7 Å². The average Bonchev–Trinajstić information content (AvgIpc) is 2.70. The number of fused-ring (bicyclic) bond motifs is 1. The van der Waals surface area contributed by atoms with E-state index >= 15 is 0 Å². The maximum Gasteiger partial charge on any atom is 0.336 e. The highest BCUT2D eigenvalue weighted by atomic mass is 16.4. The number of benzene rings is 3. The number of rotatable bonds is 6. The average molecular weight is 376 g/mol. The van der Waals surface area contributed by atoms with Crippen LogP contribution in [0.25, 0.3) is 10.8 Å². The van der Waals surface area contributed by atoms with Gasteiger partial charge in [-0.1, -0.05) is 42.5 Å². The Labute approximate surface area is 162 Å². The largest absolute Gasteiger partial charge is 0.478 e. The summed E-state index contributed by atoms with van der Waals surface area (Å²) in [5.74, 6) is -1.87. The number of nitrogens with one attached hydrogen (secondary N) is 2. The molecular weight excluding hydrogens is 356 g/mol. The molecule has 142 valence electrons. The highest BCUT2D eigenvalue weighted by molar-refractivity contribution is 6.08. The van der Waals surface area contributed by atoms with Crippen LogP contribution in [-0.2, 0) is 0 Å². The molecule has 0 saturated carbocycles. The van der Waals surface area contributed by atoms with Gasteiger partial charge >= 0.3 is 5.97 Å². The summed E-state index contributed by atoms with van der Waals surface area (Å²) in [5, 5.41) is 16.4. The fourth-order valence-corrected chi connectivity index (χ4v) is 2.98. The molecule has 2 amide bonds. The van der Waals surface area contributed by atoms with E-state index in [1.807, 2.05) is 37.3 Å². The molecule has 0 aromatic heterocycles. The van der Waals surface area contributed by atoms with Gasteiger partial charge in [0, 0.05) is 18.7 Å². The highest BCUT2D eigenvalue weighted by Gasteiger charge is 2.17. The molecule has 0 saturated heterocycles. The van der Waals surface area contributed by atoms with Crippen LogP contribution in [0, 0.1) is 6.92 Å². The van der Waals surface area contributed by atoms with Gasteiger partial charge in [-0.3, -0.25) is 9.59 Å². The zero-order valence-electron chi connectivity index (χ0n) is 15.4. The lowest BCUT2D eigenvalue weighted by molar-refractivity contribution is 0.0691. The summed E-state index contributed by atoms with van der Waals surface area (Å²) in [7, 11) is 0. The van der Waals surface area contributed by atoms with Crippen molar-refractivity contribution in [3.8, 4) is 0 Å². The minimum atomic E-state index is -1.16. The number of aryl methyl sites for hydroxylation is 1. The van der Waals surface area contributed by atoms with E-state index in [1.54, 1.807) is 24.3 Å². The van der Waals surface area contributed by atoms with Crippen LogP contribution in [0.5, 0.6) is 0 Å². The van der Waals surface area contributed by atoms with Crippen LogP contribution in [-0.4, -0.2) is 36.0 Å². The Morgan fingerprint density at radius 3 is 1.82 bits per heavy atom. The van der Waals surface area contributed by atoms with Crippen molar-refractivity contribution >= 4 is 28.6 Å². The second-order valence-electron chi connectivity index (χ2n) is 6.38. The van der Waals surface area contributed by atoms with Crippen LogP contribution >= 0.6 is 0 Å². The van der Waals surface area contributed by atoms with Crippen molar-refractivity contribution in [3.63, 3.8) is 0 Å². The molecule has 0 aliphatic carbocycles. The normalized spacial score (nSPS) is 10.5. The first-order valence-electron chi connectivity index (χ1n) is 8.85. The van der Waals surface area contributed by atoms with Crippen molar-refractivity contribution in [1.29, 1.82) is 0 Å². The third-order valence-electron chi connectivity index (χ3n) is 4.45. The second kappa shape index (κ2) is 8.35. The van der Waals surface area contributed by atoms with Crippen molar-refractivity contribution in [2.75, 3.05) is 13.1 Å². The summed E-state index contributed by atoms with van der Waals surface area (Å²) in [4.78, 5) is 36.2. The molecule has 0 unspecified atom stereocenters. The molecule has 0 spiro atoms. The maximum atomic E-state index is 12.5. The predicted molar refractivity (Wildman–Crippen MR) is 107 cm³/mol. The number of carbonyl (C=O) groups is 3. The molecule has 3 rings (SSSR count). The van der Waals surface area contributed by atoms with E-state index in [0.717, 1.165) is 16.3 Å². The first kappa shape index (κ1) is 19.1. The van der Waals surface area contributed by atoms with Gasteiger partial charge in [-0.05, 0) is 41.5 Å². The first-order valence-corrected chi connectivity index (χ1v) is 8.85. The van der Waals surface area contributed by atoms with Gasteiger partial charge in [0.15, 0.2) is 0 Å². The van der Waals surface area contributed by atoms with E-state index in [2.05, 4.69) is 10.6 Å². The molecule has 0 aliphatic heterocycles. The van der Waals surface area contributed by atoms with Crippen LogP contribution in [0.2, 0.25) is 0 Å². The van der Waals surface area contributed by atoms with Crippen LogP contribution in [0.1, 0.15) is 36.6 Å². The molecule has 0 bridgehead atoms. The summed E-state index contributed by atoms with van der Waals surface area (Å²) in [5.41, 5.74) is 1.49. The third-order valence-corrected chi connectivity index (χ3v) is 4.45. The predicted octanol–water partition coefficient (Wildman–Crippen LogP) is 3.01. The van der Waals surface area contributed by atoms with Gasteiger partial charge in [0.25, 0.3) is 11.8 Å². The molecular formula is C22H20N2O4. The van der Waals surface area contributed by atoms with E-state index in [-0.39, 0.29) is 30.1 Å². The van der Waals surface area contributed by atoms with Gasteiger partial charge in [0.2, 0.25) is 0 Å². The summed E-state index contributed by atoms with van der Waals surface area (Å²) < 4.78 is 0. The standard InChI is InChI=1S/C22H20N2O4/c1-14-6-2-5-9-17(14)20(25)23-10-11-24-21(26)18-12-15-7-3-4-8-16(15)13-19(18)22(27)28/h2-9,12-13H,10-11H2,1H3,(H,23,25)(H,24,26)(H,27,28). The fraction of sp³-hybridized carbons (Fsp3) is 0.136. The number of aromatic carboxylic acids is 1. The number of hydrogen-bond acceptors (Lipinski definition) is 3. The minimum absolute atomic E-state index is 0.0554. The fourth-order valence-electron chi connectivity index (χ4n) is 2.98. The number of amides is 2. The Morgan fingerprint density at radius 1 is 0.750 bits per heavy atom. The number of hydrogen-bond donors (Lipinski definition) is 3. The molecule has 6 nitrogen and oxygen atoms in total. The maximum absolute atomic E-state index is 12.5. The SMILES string of the molecule is Cc1ccccc1C(=O)NCCNC(=O)c1cc2ccccc2cc1C(=O)O. The molecule has 0 atom stereocenters. The second-order valence-corrected chi connectivity index (χ2v) is 6.38. The van der Waals surface area contributed by atoms with Crippen LogP contribution < -0.4 is 10.6 Å². The third kappa shape index (κ3) is 4.17. The van der Waals surface area contributed by atoms with Gasteiger partial charge in [0.05, 0.1) is 11.1 Å². The molecule has 3 aromatic rings. The smallest absolute Gasteiger partial charge is 0.336 e. The van der Waals surface area contributed by atoms with Crippen molar-refractivity contribution in [2.24, 2.45) is 0 Å². The molecule has 0 fully saturated rings. The van der Waals surface area contributed by atoms with Gasteiger partial charge in [-0.15, -0.1) is 0 Å². The quantitative estimate of drug-likeness (QED) is 0.576. The van der Waals surface area contributed by atoms with Crippen LogP contribution in [0.4, 0.5) is 0 Å². The van der Waals surface area contributed by atoms with Crippen molar-refractivity contribution in [2.45, 2.75) is 6.92 Å². The Morgan fingerprint density at radius 2 is 1.25 bits per heavy atom. The van der Waals surface area contributed by atoms with E-state index < -0.39 is 11.9 Å². The number of carbonyl (C=O) groups excluding carboxylic acids is 2. The van der Waals surface area contributed by atoms with Gasteiger partial charge in [-0.25, -0.2) is 4.79 Å². The summed E-state index contributed by atoms with van der Waals surface area (Å²) in [6, 6.07) is 17.5.